The summed E-state index contributed by atoms with van der Waals surface area (Å²) < 4.78 is 5.60. The summed E-state index contributed by atoms with van der Waals surface area (Å²) in [5, 5.41) is 10.6. The normalized spacial score (nSPS) is 10.6. The molecule has 0 saturated carbocycles. The minimum absolute atomic E-state index is 0.0888. The Morgan fingerprint density at radius 3 is 2.67 bits per heavy atom. The number of nitrogens with zero attached hydrogens (tertiary/aromatic N) is 2. The van der Waals surface area contributed by atoms with Gasteiger partial charge in [0.1, 0.15) is 0 Å². The average molecular weight is 339 g/mol. The van der Waals surface area contributed by atoms with Gasteiger partial charge in [0, 0.05) is 10.5 Å². The van der Waals surface area contributed by atoms with Crippen molar-refractivity contribution < 1.29 is 9.21 Å². The number of hydrogen-bond acceptors (Lipinski definition) is 5. The quantitative estimate of drug-likeness (QED) is 0.717. The van der Waals surface area contributed by atoms with E-state index in [1.165, 1.54) is 11.8 Å². The Kier molecular flexibility index (Phi) is 4.66. The van der Waals surface area contributed by atoms with Crippen LogP contribution in [0.3, 0.4) is 0 Å². The maximum Gasteiger partial charge on any atom is 0.322 e. The van der Waals surface area contributed by atoms with Gasteiger partial charge in [-0.3, -0.25) is 10.1 Å². The highest BCUT2D eigenvalue weighted by molar-refractivity contribution is 7.98. The smallest absolute Gasteiger partial charge is 0.322 e. The van der Waals surface area contributed by atoms with Crippen LogP contribution in [0.1, 0.15) is 21.5 Å². The zero-order chi connectivity index (χ0) is 17.1. The van der Waals surface area contributed by atoms with Crippen LogP contribution < -0.4 is 5.32 Å². The summed E-state index contributed by atoms with van der Waals surface area (Å²) in [5.74, 6) is 0.122. The first kappa shape index (κ1) is 16.3. The standard InChI is InChI=1S/C18H17N3O2S/c1-11-8-9-13(12(2)10-11)17-20-21-18(23-17)19-16(22)14-6-4-5-7-15(14)24-3/h4-10H,1-3H3,(H,19,21,22). The number of anilines is 1. The van der Waals surface area contributed by atoms with E-state index in [1.54, 1.807) is 6.07 Å². The second-order valence-corrected chi connectivity index (χ2v) is 6.23. The summed E-state index contributed by atoms with van der Waals surface area (Å²) in [7, 11) is 0. The van der Waals surface area contributed by atoms with Crippen LogP contribution in [0.25, 0.3) is 11.5 Å². The fourth-order valence-corrected chi connectivity index (χ4v) is 3.03. The third kappa shape index (κ3) is 3.33. The summed E-state index contributed by atoms with van der Waals surface area (Å²) in [6.07, 6.45) is 1.93. The molecule has 0 spiro atoms. The van der Waals surface area contributed by atoms with Crippen molar-refractivity contribution in [2.75, 3.05) is 11.6 Å². The molecular formula is C18H17N3O2S. The van der Waals surface area contributed by atoms with Crippen LogP contribution in [0.5, 0.6) is 0 Å². The van der Waals surface area contributed by atoms with Gasteiger partial charge in [0.25, 0.3) is 5.91 Å². The minimum Gasteiger partial charge on any atom is -0.403 e. The Hall–Kier alpha value is -2.60. The lowest BCUT2D eigenvalue weighted by molar-refractivity contribution is 0.102. The first-order valence-corrected chi connectivity index (χ1v) is 8.66. The number of nitrogens with one attached hydrogen (secondary N) is 1. The van der Waals surface area contributed by atoms with Crippen LogP contribution in [0.4, 0.5) is 6.01 Å². The van der Waals surface area contributed by atoms with Crippen LogP contribution in [0.15, 0.2) is 51.8 Å². The van der Waals surface area contributed by atoms with Crippen molar-refractivity contribution in [3.63, 3.8) is 0 Å². The number of aromatic nitrogens is 2. The van der Waals surface area contributed by atoms with Gasteiger partial charge in [-0.15, -0.1) is 16.9 Å². The average Bonchev–Trinajstić information content (AvgIpc) is 3.02. The fraction of sp³-hybridized carbons (Fsp3) is 0.167. The highest BCUT2D eigenvalue weighted by Crippen LogP contribution is 2.25. The van der Waals surface area contributed by atoms with Crippen molar-refractivity contribution in [2.24, 2.45) is 0 Å². The summed E-state index contributed by atoms with van der Waals surface area (Å²) in [6.45, 7) is 4.01. The lowest BCUT2D eigenvalue weighted by atomic mass is 10.1. The number of hydrogen-bond donors (Lipinski definition) is 1. The number of carbonyl (C=O) groups is 1. The van der Waals surface area contributed by atoms with Crippen molar-refractivity contribution in [1.29, 1.82) is 0 Å². The van der Waals surface area contributed by atoms with Gasteiger partial charge in [0.05, 0.1) is 5.56 Å². The zero-order valence-corrected chi connectivity index (χ0v) is 14.5. The molecule has 0 fully saturated rings. The molecule has 5 nitrogen and oxygen atoms in total. The van der Waals surface area contributed by atoms with Gasteiger partial charge in [-0.25, -0.2) is 0 Å². The van der Waals surface area contributed by atoms with Gasteiger partial charge >= 0.3 is 6.01 Å². The van der Waals surface area contributed by atoms with E-state index in [0.29, 0.717) is 11.5 Å². The Labute approximate surface area is 144 Å². The topological polar surface area (TPSA) is 68.0 Å². The van der Waals surface area contributed by atoms with Crippen molar-refractivity contribution >= 4 is 23.7 Å². The largest absolute Gasteiger partial charge is 0.403 e. The van der Waals surface area contributed by atoms with Crippen LogP contribution in [-0.2, 0) is 0 Å². The maximum atomic E-state index is 12.4. The number of benzene rings is 2. The molecule has 0 aliphatic heterocycles. The zero-order valence-electron chi connectivity index (χ0n) is 13.7. The van der Waals surface area contributed by atoms with E-state index >= 15 is 0 Å². The van der Waals surface area contributed by atoms with Crippen molar-refractivity contribution in [2.45, 2.75) is 18.7 Å². The molecule has 24 heavy (non-hydrogen) atoms. The van der Waals surface area contributed by atoms with Gasteiger partial charge < -0.3 is 4.42 Å². The molecule has 0 unspecified atom stereocenters. The second-order valence-electron chi connectivity index (χ2n) is 5.39. The molecule has 6 heteroatoms. The van der Waals surface area contributed by atoms with Gasteiger partial charge in [0.15, 0.2) is 0 Å². The summed E-state index contributed by atoms with van der Waals surface area (Å²) in [4.78, 5) is 13.3. The first-order chi connectivity index (χ1) is 11.6. The molecule has 3 aromatic rings. The molecule has 3 rings (SSSR count). The second kappa shape index (κ2) is 6.88. The van der Waals surface area contributed by atoms with Crippen LogP contribution in [0, 0.1) is 13.8 Å². The predicted octanol–water partition coefficient (Wildman–Crippen LogP) is 4.33. The third-order valence-corrected chi connectivity index (χ3v) is 4.41. The van der Waals surface area contributed by atoms with E-state index in [9.17, 15) is 4.79 Å². The molecule has 0 atom stereocenters. The molecule has 0 bridgehead atoms. The molecule has 1 aromatic heterocycles. The van der Waals surface area contributed by atoms with E-state index in [4.69, 9.17) is 4.42 Å². The van der Waals surface area contributed by atoms with Gasteiger partial charge in [-0.05, 0) is 43.9 Å². The lowest BCUT2D eigenvalue weighted by Gasteiger charge is -2.05. The fourth-order valence-electron chi connectivity index (χ4n) is 2.43. The molecule has 0 aliphatic rings. The molecule has 0 aliphatic carbocycles. The number of thioether (sulfide) groups is 1. The molecular weight excluding hydrogens is 322 g/mol. The number of rotatable bonds is 4. The van der Waals surface area contributed by atoms with E-state index in [0.717, 1.165) is 21.6 Å². The summed E-state index contributed by atoms with van der Waals surface area (Å²) in [6, 6.07) is 13.4. The van der Waals surface area contributed by atoms with Crippen LogP contribution in [0.2, 0.25) is 0 Å². The van der Waals surface area contributed by atoms with Crippen LogP contribution >= 0.6 is 11.8 Å². The molecule has 122 valence electrons. The molecule has 0 saturated heterocycles. The van der Waals surface area contributed by atoms with Crippen molar-refractivity contribution in [1.82, 2.24) is 10.2 Å². The highest BCUT2D eigenvalue weighted by atomic mass is 32.2. The van der Waals surface area contributed by atoms with E-state index in [1.807, 2.05) is 56.5 Å². The Balaban J connectivity index is 1.82. The molecule has 1 N–H and O–H groups in total. The Morgan fingerprint density at radius 2 is 1.92 bits per heavy atom. The Morgan fingerprint density at radius 1 is 1.12 bits per heavy atom. The van der Waals surface area contributed by atoms with Gasteiger partial charge in [-0.1, -0.05) is 34.9 Å². The summed E-state index contributed by atoms with van der Waals surface area (Å²) >= 11 is 1.51. The highest BCUT2D eigenvalue weighted by Gasteiger charge is 2.16. The van der Waals surface area contributed by atoms with Crippen molar-refractivity contribution in [3.8, 4) is 11.5 Å². The maximum absolute atomic E-state index is 12.4. The molecule has 1 amide bonds. The predicted molar refractivity (Wildman–Crippen MR) is 95.4 cm³/mol. The SMILES string of the molecule is CSc1ccccc1C(=O)Nc1nnc(-c2ccc(C)cc2C)o1. The third-order valence-electron chi connectivity index (χ3n) is 3.61. The number of carbonyl (C=O) groups excluding carboxylic acids is 1. The molecule has 0 radical (unpaired) electrons. The first-order valence-electron chi connectivity index (χ1n) is 7.44. The monoisotopic (exact) mass is 339 g/mol. The Bertz CT molecular complexity index is 889. The van der Waals surface area contributed by atoms with Crippen LogP contribution in [-0.4, -0.2) is 22.4 Å². The lowest BCUT2D eigenvalue weighted by Crippen LogP contribution is -2.13. The summed E-state index contributed by atoms with van der Waals surface area (Å²) in [5.41, 5.74) is 3.65. The number of aryl methyl sites for hydroxylation is 2. The minimum atomic E-state index is -0.268. The van der Waals surface area contributed by atoms with E-state index < -0.39 is 0 Å². The molecule has 1 heterocycles. The molecule has 2 aromatic carbocycles. The van der Waals surface area contributed by atoms with E-state index in [2.05, 4.69) is 15.5 Å². The number of amides is 1. The van der Waals surface area contributed by atoms with Crippen molar-refractivity contribution in [3.05, 3.63) is 59.2 Å². The van der Waals surface area contributed by atoms with E-state index in [-0.39, 0.29) is 11.9 Å². The van der Waals surface area contributed by atoms with Gasteiger partial charge in [-0.2, -0.15) is 0 Å². The van der Waals surface area contributed by atoms with Gasteiger partial charge in [0.2, 0.25) is 5.89 Å².